The van der Waals surface area contributed by atoms with Gasteiger partial charge in [-0.05, 0) is 51.4 Å². The Morgan fingerprint density at radius 3 is 0.844 bits per heavy atom. The molecule has 0 amide bonds. The van der Waals surface area contributed by atoms with E-state index < -0.39 is 64.2 Å². The molecule has 0 saturated heterocycles. The molecular formula is C48H86O15S. The summed E-state index contributed by atoms with van der Waals surface area (Å²) in [4.78, 5) is 75.5. The zero-order chi connectivity index (χ0) is 47.7. The molecule has 0 atom stereocenters. The van der Waals surface area contributed by atoms with Crippen LogP contribution in [0.3, 0.4) is 0 Å². The molecule has 0 aliphatic heterocycles. The van der Waals surface area contributed by atoms with Crippen LogP contribution in [-0.4, -0.2) is 95.2 Å². The average molecular weight is 935 g/mol. The first-order chi connectivity index (χ1) is 30.7. The summed E-state index contributed by atoms with van der Waals surface area (Å²) in [5.74, 6) is -3.04. The maximum absolute atomic E-state index is 12.9. The molecule has 0 bridgehead atoms. The molecule has 0 aromatic carbocycles. The molecule has 0 heterocycles. The summed E-state index contributed by atoms with van der Waals surface area (Å²) in [6.07, 6.45) is 18.4. The van der Waals surface area contributed by atoms with E-state index in [-0.39, 0.29) is 90.6 Å². The van der Waals surface area contributed by atoms with Crippen molar-refractivity contribution in [3.8, 4) is 0 Å². The summed E-state index contributed by atoms with van der Waals surface area (Å²) in [7, 11) is -3.90. The Bertz CT molecular complexity index is 1210. The molecule has 0 aliphatic carbocycles. The van der Waals surface area contributed by atoms with Crippen molar-refractivity contribution < 1.29 is 69.8 Å². The Labute approximate surface area is 385 Å². The number of esters is 6. The van der Waals surface area contributed by atoms with Crippen LogP contribution in [0, 0.1) is 0 Å². The van der Waals surface area contributed by atoms with E-state index in [1.807, 2.05) is 0 Å². The Kier molecular flexibility index (Phi) is 39.1. The number of rotatable bonds is 44. The van der Waals surface area contributed by atoms with E-state index in [0.717, 1.165) is 109 Å². The SMILES string of the molecule is CCCCCCCC(=O)OCC(COC(=O)CCCCCCC)OC(=O)CCCC(CCCC(=O)OC(COC(=O)CCCCCCC)COC(=O)CCCCCCC)OS(C)(=O)=O. The summed E-state index contributed by atoms with van der Waals surface area (Å²) >= 11 is 0. The lowest BCUT2D eigenvalue weighted by atomic mass is 10.1. The summed E-state index contributed by atoms with van der Waals surface area (Å²) in [5.41, 5.74) is 0. The van der Waals surface area contributed by atoms with Gasteiger partial charge in [-0.15, -0.1) is 0 Å². The molecule has 0 saturated carbocycles. The number of hydrogen-bond donors (Lipinski definition) is 0. The summed E-state index contributed by atoms with van der Waals surface area (Å²) < 4.78 is 62.1. The average Bonchev–Trinajstić information content (AvgIpc) is 3.24. The van der Waals surface area contributed by atoms with Crippen molar-refractivity contribution in [2.45, 2.75) is 239 Å². The number of carbonyl (C=O) groups excluding carboxylic acids is 6. The maximum atomic E-state index is 12.9. The van der Waals surface area contributed by atoms with E-state index >= 15 is 0 Å². The Hall–Kier alpha value is -3.27. The predicted octanol–water partition coefficient (Wildman–Crippen LogP) is 10.1. The molecule has 0 aromatic rings. The highest BCUT2D eigenvalue weighted by atomic mass is 32.2. The lowest BCUT2D eigenvalue weighted by Crippen LogP contribution is -2.31. The maximum Gasteiger partial charge on any atom is 0.306 e. The fourth-order valence-corrected chi connectivity index (χ4v) is 7.37. The van der Waals surface area contributed by atoms with Gasteiger partial charge in [0.15, 0.2) is 12.2 Å². The monoisotopic (exact) mass is 935 g/mol. The van der Waals surface area contributed by atoms with Crippen LogP contribution >= 0.6 is 0 Å². The molecule has 0 spiro atoms. The molecule has 0 radical (unpaired) electrons. The lowest BCUT2D eigenvalue weighted by Gasteiger charge is -2.20. The van der Waals surface area contributed by atoms with Gasteiger partial charge in [0.1, 0.15) is 26.4 Å². The molecule has 0 aromatic heterocycles. The Morgan fingerprint density at radius 2 is 0.594 bits per heavy atom. The van der Waals surface area contributed by atoms with E-state index in [9.17, 15) is 37.2 Å². The van der Waals surface area contributed by atoms with Gasteiger partial charge in [0, 0.05) is 38.5 Å². The van der Waals surface area contributed by atoms with Crippen LogP contribution in [0.4, 0.5) is 0 Å². The van der Waals surface area contributed by atoms with Gasteiger partial charge in [0.2, 0.25) is 0 Å². The normalized spacial score (nSPS) is 11.5. The van der Waals surface area contributed by atoms with Crippen molar-refractivity contribution in [2.24, 2.45) is 0 Å². The third-order valence-electron chi connectivity index (χ3n) is 10.4. The van der Waals surface area contributed by atoms with Gasteiger partial charge in [-0.3, -0.25) is 33.0 Å². The fraction of sp³-hybridized carbons (Fsp3) is 0.875. The van der Waals surface area contributed by atoms with Crippen LogP contribution in [-0.2, 0) is 71.5 Å². The highest BCUT2D eigenvalue weighted by Crippen LogP contribution is 2.17. The third-order valence-corrected chi connectivity index (χ3v) is 11.0. The zero-order valence-electron chi connectivity index (χ0n) is 40.3. The first-order valence-electron chi connectivity index (χ1n) is 24.6. The van der Waals surface area contributed by atoms with Crippen LogP contribution in [0.25, 0.3) is 0 Å². The van der Waals surface area contributed by atoms with Gasteiger partial charge >= 0.3 is 35.8 Å². The van der Waals surface area contributed by atoms with Crippen molar-refractivity contribution in [3.05, 3.63) is 0 Å². The van der Waals surface area contributed by atoms with E-state index in [1.165, 1.54) is 0 Å². The Morgan fingerprint density at radius 1 is 0.344 bits per heavy atom. The molecular weight excluding hydrogens is 849 g/mol. The standard InChI is InChI=1S/C48H86O15S/c1-6-10-14-18-22-30-43(49)57-36-41(37-58-44(50)31-23-19-15-11-7-2)61-47(53)34-26-28-40(63-64(5,55)56)29-27-35-48(54)62-42(38-59-45(51)32-24-20-16-12-8-3)39-60-46(52)33-25-21-17-13-9-4/h40-42H,6-39H2,1-5H3. The summed E-state index contributed by atoms with van der Waals surface area (Å²) in [5, 5.41) is 0. The van der Waals surface area contributed by atoms with Gasteiger partial charge in [-0.1, -0.05) is 130 Å². The molecule has 0 rings (SSSR count). The third kappa shape index (κ3) is 40.3. The van der Waals surface area contributed by atoms with E-state index in [4.69, 9.17) is 32.6 Å². The van der Waals surface area contributed by atoms with Crippen LogP contribution < -0.4 is 0 Å². The smallest absolute Gasteiger partial charge is 0.306 e. The Balaban J connectivity index is 5.27. The second kappa shape index (κ2) is 41.2. The number of ether oxygens (including phenoxy) is 6. The molecule has 0 aliphatic rings. The quantitative estimate of drug-likeness (QED) is 0.0242. The molecule has 0 N–H and O–H groups in total. The van der Waals surface area contributed by atoms with Crippen molar-refractivity contribution in [2.75, 3.05) is 32.7 Å². The minimum Gasteiger partial charge on any atom is -0.462 e. The zero-order valence-corrected chi connectivity index (χ0v) is 41.1. The topological polar surface area (TPSA) is 201 Å². The van der Waals surface area contributed by atoms with E-state index in [0.29, 0.717) is 25.7 Å². The van der Waals surface area contributed by atoms with Crippen molar-refractivity contribution in [3.63, 3.8) is 0 Å². The predicted molar refractivity (Wildman–Crippen MR) is 245 cm³/mol. The number of hydrogen-bond acceptors (Lipinski definition) is 15. The van der Waals surface area contributed by atoms with Crippen LogP contribution in [0.1, 0.15) is 220 Å². The number of carbonyl (C=O) groups is 6. The molecule has 0 fully saturated rings. The van der Waals surface area contributed by atoms with E-state index in [2.05, 4.69) is 27.7 Å². The molecule has 16 heteroatoms. The highest BCUT2D eigenvalue weighted by molar-refractivity contribution is 7.86. The van der Waals surface area contributed by atoms with Gasteiger partial charge in [-0.2, -0.15) is 8.42 Å². The first-order valence-corrected chi connectivity index (χ1v) is 26.4. The largest absolute Gasteiger partial charge is 0.462 e. The highest BCUT2D eigenvalue weighted by Gasteiger charge is 2.23. The first kappa shape index (κ1) is 60.7. The lowest BCUT2D eigenvalue weighted by molar-refractivity contribution is -0.167. The van der Waals surface area contributed by atoms with Gasteiger partial charge < -0.3 is 28.4 Å². The fourth-order valence-electron chi connectivity index (χ4n) is 6.68. The summed E-state index contributed by atoms with van der Waals surface area (Å²) in [6.45, 7) is 7.33. The van der Waals surface area contributed by atoms with E-state index in [1.54, 1.807) is 0 Å². The van der Waals surface area contributed by atoms with Crippen molar-refractivity contribution >= 4 is 45.9 Å². The van der Waals surface area contributed by atoms with Gasteiger partial charge in [-0.25, -0.2) is 0 Å². The van der Waals surface area contributed by atoms with Crippen LogP contribution in [0.15, 0.2) is 0 Å². The molecule has 64 heavy (non-hydrogen) atoms. The van der Waals surface area contributed by atoms with Gasteiger partial charge in [0.25, 0.3) is 10.1 Å². The molecule has 15 nitrogen and oxygen atoms in total. The second-order valence-corrected chi connectivity index (χ2v) is 18.4. The van der Waals surface area contributed by atoms with Crippen LogP contribution in [0.2, 0.25) is 0 Å². The second-order valence-electron chi connectivity index (χ2n) is 16.8. The van der Waals surface area contributed by atoms with Gasteiger partial charge in [0.05, 0.1) is 12.4 Å². The van der Waals surface area contributed by atoms with Crippen LogP contribution in [0.5, 0.6) is 0 Å². The van der Waals surface area contributed by atoms with Crippen molar-refractivity contribution in [1.82, 2.24) is 0 Å². The molecule has 374 valence electrons. The summed E-state index contributed by atoms with van der Waals surface area (Å²) in [6, 6.07) is 0. The number of unbranched alkanes of at least 4 members (excludes halogenated alkanes) is 16. The van der Waals surface area contributed by atoms with Crippen molar-refractivity contribution in [1.29, 1.82) is 0 Å². The minimum absolute atomic E-state index is 0.129. The minimum atomic E-state index is -3.90. The molecule has 0 unspecified atom stereocenters.